The molecule has 5 nitrogen and oxygen atoms in total. The summed E-state index contributed by atoms with van der Waals surface area (Å²) in [5, 5.41) is 2.71. The van der Waals surface area contributed by atoms with Crippen LogP contribution in [0.3, 0.4) is 0 Å². The van der Waals surface area contributed by atoms with Gasteiger partial charge >= 0.3 is 0 Å². The van der Waals surface area contributed by atoms with Crippen LogP contribution in [0.15, 0.2) is 42.5 Å². The molecule has 1 unspecified atom stereocenters. The van der Waals surface area contributed by atoms with Gasteiger partial charge in [0.25, 0.3) is 5.91 Å². The van der Waals surface area contributed by atoms with Crippen molar-refractivity contribution in [2.24, 2.45) is 5.73 Å². The van der Waals surface area contributed by atoms with Gasteiger partial charge in [-0.3, -0.25) is 4.79 Å². The second kappa shape index (κ2) is 9.88. The zero-order chi connectivity index (χ0) is 22.5. The molecule has 0 aliphatic heterocycles. The summed E-state index contributed by atoms with van der Waals surface area (Å²) >= 11 is 6.81. The third-order valence-electron chi connectivity index (χ3n) is 4.47. The molecule has 0 spiro atoms. The lowest BCUT2D eigenvalue weighted by atomic mass is 10.0. The van der Waals surface area contributed by atoms with Crippen molar-refractivity contribution in [1.29, 1.82) is 0 Å². The topological polar surface area (TPSA) is 68.7 Å². The highest BCUT2D eigenvalue weighted by Crippen LogP contribution is 2.41. The maximum absolute atomic E-state index is 14.3. The summed E-state index contributed by atoms with van der Waals surface area (Å²) < 4.78 is 33.5. The maximum atomic E-state index is 14.3. The molecule has 0 bridgehead atoms. The number of methoxy groups -OCH3 is 1. The Kier molecular flexibility index (Phi) is 7.23. The summed E-state index contributed by atoms with van der Waals surface area (Å²) in [6.45, 7) is 7.21. The van der Waals surface area contributed by atoms with Crippen molar-refractivity contribution in [1.82, 2.24) is 5.32 Å². The van der Waals surface area contributed by atoms with E-state index in [0.29, 0.717) is 26.4 Å². The van der Waals surface area contributed by atoms with Gasteiger partial charge in [0.05, 0.1) is 18.6 Å². The number of nitrogens with two attached hydrogens (primary N) is 1. The molecule has 9 heteroatoms. The summed E-state index contributed by atoms with van der Waals surface area (Å²) in [5.74, 6) is -1.33. The van der Waals surface area contributed by atoms with Crippen LogP contribution >= 0.6 is 22.9 Å². The predicted octanol–water partition coefficient (Wildman–Crippen LogP) is 5.22. The monoisotopic (exact) mass is 461 g/mol. The number of carbonyl (C=O) groups is 1. The molecule has 1 amide bonds. The summed E-state index contributed by atoms with van der Waals surface area (Å²) in [6.07, 6.45) is 0. The normalized spacial score (nSPS) is 11.6. The van der Waals surface area contributed by atoms with Gasteiger partial charge in [0.2, 0.25) is 5.69 Å². The lowest BCUT2D eigenvalue weighted by molar-refractivity contribution is 0.0956. The van der Waals surface area contributed by atoms with Crippen molar-refractivity contribution in [3.63, 3.8) is 0 Å². The van der Waals surface area contributed by atoms with Crippen LogP contribution in [0, 0.1) is 18.2 Å². The van der Waals surface area contributed by atoms with Crippen molar-refractivity contribution in [2.75, 3.05) is 19.5 Å². The molecule has 0 aliphatic carbocycles. The van der Waals surface area contributed by atoms with E-state index < -0.39 is 17.7 Å². The molecule has 2 aromatic carbocycles. The van der Waals surface area contributed by atoms with Crippen LogP contribution in [-0.2, 0) is 0 Å². The van der Waals surface area contributed by atoms with E-state index in [1.54, 1.807) is 18.2 Å². The summed E-state index contributed by atoms with van der Waals surface area (Å²) in [6, 6.07) is 9.83. The van der Waals surface area contributed by atoms with Crippen LogP contribution in [0.25, 0.3) is 26.4 Å². The molecule has 0 aliphatic rings. The fraction of sp³-hybridized carbons (Fsp3) is 0.182. The van der Waals surface area contributed by atoms with E-state index in [0.717, 1.165) is 11.3 Å². The fourth-order valence-corrected chi connectivity index (χ4v) is 4.07. The van der Waals surface area contributed by atoms with Gasteiger partial charge in [-0.05, 0) is 41.5 Å². The molecule has 0 saturated carbocycles. The molecule has 0 radical (unpaired) electrons. The van der Waals surface area contributed by atoms with Crippen LogP contribution in [0.5, 0.6) is 5.75 Å². The number of alkyl halides is 1. The SMILES string of the molecule is [C-]#[N+]c1ccc(-c2cc(C(=O)NCC(N)CCl)sc2-c2ccc(OC)c(F)c2)cc1F. The van der Waals surface area contributed by atoms with Crippen LogP contribution in [-0.4, -0.2) is 31.5 Å². The number of carbonyl (C=O) groups excluding carboxylic acids is 1. The van der Waals surface area contributed by atoms with Gasteiger partial charge in [-0.2, -0.15) is 0 Å². The Bertz CT molecular complexity index is 1160. The van der Waals surface area contributed by atoms with Gasteiger partial charge in [0.15, 0.2) is 11.6 Å². The molecular weight excluding hydrogens is 444 g/mol. The van der Waals surface area contributed by atoms with Crippen molar-refractivity contribution in [3.05, 3.63) is 70.4 Å². The number of thiophene rings is 1. The van der Waals surface area contributed by atoms with E-state index in [1.165, 1.54) is 31.4 Å². The van der Waals surface area contributed by atoms with Crippen LogP contribution in [0.1, 0.15) is 9.67 Å². The van der Waals surface area contributed by atoms with E-state index in [9.17, 15) is 13.6 Å². The number of amides is 1. The molecule has 160 valence electrons. The van der Waals surface area contributed by atoms with Gasteiger partial charge in [0, 0.05) is 28.9 Å². The summed E-state index contributed by atoms with van der Waals surface area (Å²) in [7, 11) is 1.37. The first kappa shape index (κ1) is 22.7. The molecule has 31 heavy (non-hydrogen) atoms. The standard InChI is InChI=1S/C22H18ClF2N3O2S/c1-27-18-5-3-12(7-16(18)24)15-9-20(22(29)28-11-14(26)10-23)31-21(15)13-4-6-19(30-2)17(25)8-13/h3-9,14H,10-11,26H2,2H3,(H,28,29). The van der Waals surface area contributed by atoms with Gasteiger partial charge < -0.3 is 15.8 Å². The Hall–Kier alpha value is -2.99. The molecule has 1 atom stereocenters. The lowest BCUT2D eigenvalue weighted by Crippen LogP contribution is -2.38. The minimum atomic E-state index is -0.676. The Morgan fingerprint density at radius 1 is 1.23 bits per heavy atom. The highest BCUT2D eigenvalue weighted by Gasteiger charge is 2.20. The second-order valence-electron chi connectivity index (χ2n) is 6.61. The van der Waals surface area contributed by atoms with Crippen molar-refractivity contribution in [2.45, 2.75) is 6.04 Å². The minimum absolute atomic E-state index is 0.0855. The predicted molar refractivity (Wildman–Crippen MR) is 119 cm³/mol. The molecule has 1 heterocycles. The number of benzene rings is 2. The van der Waals surface area contributed by atoms with Crippen LogP contribution < -0.4 is 15.8 Å². The zero-order valence-corrected chi connectivity index (χ0v) is 18.0. The average Bonchev–Trinajstić information content (AvgIpc) is 3.22. The average molecular weight is 462 g/mol. The maximum Gasteiger partial charge on any atom is 0.261 e. The van der Waals surface area contributed by atoms with Crippen LogP contribution in [0.2, 0.25) is 0 Å². The highest BCUT2D eigenvalue weighted by atomic mass is 35.5. The number of nitrogens with zero attached hydrogens (tertiary/aromatic N) is 1. The molecule has 3 aromatic rings. The Balaban J connectivity index is 2.08. The first-order valence-corrected chi connectivity index (χ1v) is 10.5. The molecular formula is C22H18ClF2N3O2S. The number of hydrogen-bond acceptors (Lipinski definition) is 4. The van der Waals surface area contributed by atoms with E-state index in [2.05, 4.69) is 10.2 Å². The zero-order valence-electron chi connectivity index (χ0n) is 16.4. The van der Waals surface area contributed by atoms with Crippen molar-refractivity contribution < 1.29 is 18.3 Å². The number of halogens is 3. The van der Waals surface area contributed by atoms with E-state index in [1.807, 2.05) is 0 Å². The van der Waals surface area contributed by atoms with Crippen molar-refractivity contribution >= 4 is 34.5 Å². The van der Waals surface area contributed by atoms with Gasteiger partial charge in [-0.25, -0.2) is 13.6 Å². The summed E-state index contributed by atoms with van der Waals surface area (Å²) in [5.41, 5.74) is 7.14. The molecule has 3 rings (SSSR count). The Morgan fingerprint density at radius 3 is 2.55 bits per heavy atom. The lowest BCUT2D eigenvalue weighted by Gasteiger charge is -2.08. The third kappa shape index (κ3) is 5.02. The van der Waals surface area contributed by atoms with Gasteiger partial charge in [-0.1, -0.05) is 12.1 Å². The van der Waals surface area contributed by atoms with Gasteiger partial charge in [0.1, 0.15) is 5.82 Å². The number of ether oxygens (including phenoxy) is 1. The van der Waals surface area contributed by atoms with Gasteiger partial charge in [-0.15, -0.1) is 22.9 Å². The first-order chi connectivity index (χ1) is 14.9. The second-order valence-corrected chi connectivity index (χ2v) is 7.97. The number of nitrogens with one attached hydrogen (secondary N) is 1. The third-order valence-corrected chi connectivity index (χ3v) is 6.05. The molecule has 1 aromatic heterocycles. The summed E-state index contributed by atoms with van der Waals surface area (Å²) in [4.78, 5) is 16.7. The van der Waals surface area contributed by atoms with E-state index in [4.69, 9.17) is 28.6 Å². The van der Waals surface area contributed by atoms with E-state index >= 15 is 0 Å². The molecule has 0 fully saturated rings. The Morgan fingerprint density at radius 2 is 1.94 bits per heavy atom. The molecule has 3 N–H and O–H groups in total. The minimum Gasteiger partial charge on any atom is -0.494 e. The van der Waals surface area contributed by atoms with Crippen LogP contribution in [0.4, 0.5) is 14.5 Å². The van der Waals surface area contributed by atoms with Crippen molar-refractivity contribution in [3.8, 4) is 27.3 Å². The Labute approximate surface area is 187 Å². The largest absolute Gasteiger partial charge is 0.494 e. The van der Waals surface area contributed by atoms with E-state index in [-0.39, 0.29) is 29.8 Å². The smallest absolute Gasteiger partial charge is 0.261 e. The highest BCUT2D eigenvalue weighted by molar-refractivity contribution is 7.18. The number of hydrogen-bond donors (Lipinski definition) is 2. The molecule has 0 saturated heterocycles. The fourth-order valence-electron chi connectivity index (χ4n) is 2.87. The first-order valence-electron chi connectivity index (χ1n) is 9.12. The number of rotatable bonds is 7. The quantitative estimate of drug-likeness (QED) is 0.374.